The average Bonchev–Trinajstić information content (AvgIpc) is 2.59. The Balaban J connectivity index is 2.15. The number of hydrogen-bond acceptors (Lipinski definition) is 4. The van der Waals surface area contributed by atoms with E-state index in [9.17, 15) is 22.0 Å². The number of ether oxygens (including phenoxy) is 1. The molecule has 26 heavy (non-hydrogen) atoms. The number of halogens is 2. The van der Waals surface area contributed by atoms with Crippen LogP contribution in [-0.4, -0.2) is 27.5 Å². The Kier molecular flexibility index (Phi) is 6.82. The van der Waals surface area contributed by atoms with Gasteiger partial charge in [0.1, 0.15) is 11.6 Å². The van der Waals surface area contributed by atoms with E-state index in [-0.39, 0.29) is 19.6 Å². The largest absolute Gasteiger partial charge is 0.466 e. The zero-order valence-electron chi connectivity index (χ0n) is 14.1. The van der Waals surface area contributed by atoms with Gasteiger partial charge in [-0.05, 0) is 31.0 Å². The van der Waals surface area contributed by atoms with Crippen LogP contribution in [-0.2, 0) is 26.0 Å². The number of hydrogen-bond donors (Lipinski definition) is 1. The fraction of sp³-hybridized carbons (Fsp3) is 0.278. The number of esters is 1. The van der Waals surface area contributed by atoms with Gasteiger partial charge in [0.15, 0.2) is 0 Å². The molecule has 0 amide bonds. The van der Waals surface area contributed by atoms with E-state index in [0.29, 0.717) is 18.2 Å². The molecule has 2 aromatic carbocycles. The normalized spacial score (nSPS) is 12.6. The molecule has 2 rings (SSSR count). The second-order valence-corrected chi connectivity index (χ2v) is 7.36. The van der Waals surface area contributed by atoms with Crippen LogP contribution in [0.3, 0.4) is 0 Å². The molecule has 0 bridgehead atoms. The van der Waals surface area contributed by atoms with Gasteiger partial charge in [-0.2, -0.15) is 0 Å². The van der Waals surface area contributed by atoms with Gasteiger partial charge >= 0.3 is 5.97 Å². The van der Waals surface area contributed by atoms with E-state index in [4.69, 9.17) is 4.74 Å². The van der Waals surface area contributed by atoms with Crippen molar-refractivity contribution in [1.82, 2.24) is 4.72 Å². The Morgan fingerprint density at radius 3 is 2.31 bits per heavy atom. The van der Waals surface area contributed by atoms with Crippen LogP contribution in [0.25, 0.3) is 0 Å². The van der Waals surface area contributed by atoms with Crippen molar-refractivity contribution in [2.75, 3.05) is 13.2 Å². The quantitative estimate of drug-likeness (QED) is 0.712. The maximum absolute atomic E-state index is 13.3. The Morgan fingerprint density at radius 1 is 1.12 bits per heavy atom. The molecule has 0 radical (unpaired) electrons. The highest BCUT2D eigenvalue weighted by atomic mass is 32.2. The zero-order chi connectivity index (χ0) is 19.2. The summed E-state index contributed by atoms with van der Waals surface area (Å²) in [6.07, 6.45) is 0.264. The predicted molar refractivity (Wildman–Crippen MR) is 91.8 cm³/mol. The van der Waals surface area contributed by atoms with E-state index >= 15 is 0 Å². The smallest absolute Gasteiger partial charge is 0.310 e. The number of nitrogens with one attached hydrogen (secondary N) is 1. The number of carbonyl (C=O) groups excluding carboxylic acids is 1. The molecule has 1 N–H and O–H groups in total. The van der Waals surface area contributed by atoms with E-state index in [2.05, 4.69) is 4.72 Å². The topological polar surface area (TPSA) is 72.5 Å². The summed E-state index contributed by atoms with van der Waals surface area (Å²) < 4.78 is 58.3. The van der Waals surface area contributed by atoms with Crippen LogP contribution in [0.15, 0.2) is 53.4 Å². The first-order valence-electron chi connectivity index (χ1n) is 7.98. The Morgan fingerprint density at radius 2 is 1.73 bits per heavy atom. The highest BCUT2D eigenvalue weighted by molar-refractivity contribution is 7.89. The van der Waals surface area contributed by atoms with Crippen LogP contribution in [0.1, 0.15) is 12.5 Å². The van der Waals surface area contributed by atoms with Crippen LogP contribution in [0.4, 0.5) is 8.78 Å². The molecular formula is C18H19F2NO4S. The van der Waals surface area contributed by atoms with Gasteiger partial charge in [-0.25, -0.2) is 21.9 Å². The first kappa shape index (κ1) is 20.0. The van der Waals surface area contributed by atoms with E-state index < -0.39 is 38.4 Å². The van der Waals surface area contributed by atoms with Crippen LogP contribution in [0.2, 0.25) is 0 Å². The van der Waals surface area contributed by atoms with E-state index in [0.717, 1.165) is 5.56 Å². The average molecular weight is 383 g/mol. The molecule has 2 aromatic rings. The summed E-state index contributed by atoms with van der Waals surface area (Å²) in [7, 11) is -4.18. The summed E-state index contributed by atoms with van der Waals surface area (Å²) >= 11 is 0. The van der Waals surface area contributed by atoms with Gasteiger partial charge in [0.25, 0.3) is 0 Å². The molecule has 1 unspecified atom stereocenters. The summed E-state index contributed by atoms with van der Waals surface area (Å²) in [5.41, 5.74) is 0.835. The van der Waals surface area contributed by atoms with Crippen LogP contribution < -0.4 is 4.72 Å². The van der Waals surface area contributed by atoms with Crippen molar-refractivity contribution >= 4 is 16.0 Å². The van der Waals surface area contributed by atoms with Gasteiger partial charge in [0.2, 0.25) is 10.0 Å². The third-order valence-electron chi connectivity index (χ3n) is 3.61. The minimum absolute atomic E-state index is 0.159. The van der Waals surface area contributed by atoms with Crippen molar-refractivity contribution in [2.45, 2.75) is 18.2 Å². The number of carbonyl (C=O) groups is 1. The van der Waals surface area contributed by atoms with Crippen molar-refractivity contribution < 1.29 is 26.7 Å². The first-order chi connectivity index (χ1) is 12.3. The second-order valence-electron chi connectivity index (χ2n) is 5.60. The van der Waals surface area contributed by atoms with Crippen molar-refractivity contribution in [3.05, 3.63) is 65.7 Å². The standard InChI is InChI=1S/C18H19F2NO4S/c1-2-25-18(22)14(8-13-6-4-3-5-7-13)12-21-26(23,24)17-10-15(19)9-16(20)11-17/h3-7,9-11,14,21H,2,8,12H2,1H3. The van der Waals surface area contributed by atoms with Crippen molar-refractivity contribution in [3.8, 4) is 0 Å². The molecule has 0 heterocycles. The second kappa shape index (κ2) is 8.86. The summed E-state index contributed by atoms with van der Waals surface area (Å²) in [5.74, 6) is -3.33. The molecule has 0 fully saturated rings. The van der Waals surface area contributed by atoms with E-state index in [1.807, 2.05) is 18.2 Å². The molecule has 0 saturated carbocycles. The Bertz CT molecular complexity index is 836. The van der Waals surface area contributed by atoms with Gasteiger partial charge < -0.3 is 4.74 Å². The lowest BCUT2D eigenvalue weighted by Gasteiger charge is -2.16. The monoisotopic (exact) mass is 383 g/mol. The molecule has 0 saturated heterocycles. The molecule has 0 aromatic heterocycles. The van der Waals surface area contributed by atoms with Crippen molar-refractivity contribution in [1.29, 1.82) is 0 Å². The summed E-state index contributed by atoms with van der Waals surface area (Å²) in [6.45, 7) is 1.55. The summed E-state index contributed by atoms with van der Waals surface area (Å²) in [4.78, 5) is 11.6. The zero-order valence-corrected chi connectivity index (χ0v) is 14.9. The predicted octanol–water partition coefficient (Wildman–Crippen LogP) is 2.67. The van der Waals surface area contributed by atoms with Gasteiger partial charge in [-0.3, -0.25) is 4.79 Å². The first-order valence-corrected chi connectivity index (χ1v) is 9.46. The molecule has 5 nitrogen and oxygen atoms in total. The van der Waals surface area contributed by atoms with Crippen molar-refractivity contribution in [2.24, 2.45) is 5.92 Å². The fourth-order valence-corrected chi connectivity index (χ4v) is 3.50. The molecule has 0 aliphatic heterocycles. The minimum Gasteiger partial charge on any atom is -0.466 e. The molecule has 1 atom stereocenters. The molecule has 8 heteroatoms. The maximum Gasteiger partial charge on any atom is 0.310 e. The Labute approximate surface area is 151 Å². The van der Waals surface area contributed by atoms with Gasteiger partial charge in [0.05, 0.1) is 17.4 Å². The number of sulfonamides is 1. The SMILES string of the molecule is CCOC(=O)C(CNS(=O)(=O)c1cc(F)cc(F)c1)Cc1ccccc1. The van der Waals surface area contributed by atoms with Gasteiger partial charge in [-0.15, -0.1) is 0 Å². The number of rotatable bonds is 8. The highest BCUT2D eigenvalue weighted by Crippen LogP contribution is 2.15. The lowest BCUT2D eigenvalue weighted by atomic mass is 10.00. The molecule has 0 aliphatic rings. The Hall–Kier alpha value is -2.32. The minimum atomic E-state index is -4.18. The third kappa shape index (κ3) is 5.60. The number of benzene rings is 2. The maximum atomic E-state index is 13.3. The molecule has 0 spiro atoms. The van der Waals surface area contributed by atoms with Gasteiger partial charge in [0, 0.05) is 12.6 Å². The van der Waals surface area contributed by atoms with Crippen LogP contribution >= 0.6 is 0 Å². The lowest BCUT2D eigenvalue weighted by Crippen LogP contribution is -2.35. The third-order valence-corrected chi connectivity index (χ3v) is 5.01. The molecule has 0 aliphatic carbocycles. The van der Waals surface area contributed by atoms with E-state index in [1.54, 1.807) is 19.1 Å². The highest BCUT2D eigenvalue weighted by Gasteiger charge is 2.24. The summed E-state index contributed by atoms with van der Waals surface area (Å²) in [6, 6.07) is 11.0. The molecular weight excluding hydrogens is 364 g/mol. The fourth-order valence-electron chi connectivity index (χ4n) is 2.37. The lowest BCUT2D eigenvalue weighted by molar-refractivity contribution is -0.147. The van der Waals surface area contributed by atoms with Crippen LogP contribution in [0, 0.1) is 17.6 Å². The summed E-state index contributed by atoms with van der Waals surface area (Å²) in [5, 5.41) is 0. The molecule has 140 valence electrons. The van der Waals surface area contributed by atoms with Crippen LogP contribution in [0.5, 0.6) is 0 Å². The van der Waals surface area contributed by atoms with Gasteiger partial charge in [-0.1, -0.05) is 30.3 Å². The van der Waals surface area contributed by atoms with E-state index in [1.165, 1.54) is 0 Å². The van der Waals surface area contributed by atoms with Crippen molar-refractivity contribution in [3.63, 3.8) is 0 Å².